The first-order valence-electron chi connectivity index (χ1n) is 11.0. The molecule has 0 unspecified atom stereocenters. The number of rotatable bonds is 10. The molecule has 0 saturated heterocycles. The highest BCUT2D eigenvalue weighted by molar-refractivity contribution is 7.99. The number of benzene rings is 2. The smallest absolute Gasteiger partial charge is 0.234 e. The maximum Gasteiger partial charge on any atom is 0.234 e. The van der Waals surface area contributed by atoms with Crippen LogP contribution in [0.4, 0.5) is 5.69 Å². The molecule has 0 aliphatic carbocycles. The number of hydrogen-bond acceptors (Lipinski definition) is 7. The predicted octanol–water partition coefficient (Wildman–Crippen LogP) is 4.13. The van der Waals surface area contributed by atoms with Gasteiger partial charge in [0.1, 0.15) is 11.4 Å². The predicted molar refractivity (Wildman–Crippen MR) is 134 cm³/mol. The molecule has 2 aromatic carbocycles. The molecule has 0 bridgehead atoms. The molecule has 0 aliphatic heterocycles. The van der Waals surface area contributed by atoms with Gasteiger partial charge in [-0.15, -0.1) is 10.2 Å². The van der Waals surface area contributed by atoms with E-state index >= 15 is 0 Å². The highest BCUT2D eigenvalue weighted by Crippen LogP contribution is 2.26. The van der Waals surface area contributed by atoms with Crippen LogP contribution in [-0.4, -0.2) is 43.8 Å². The molecular weight excluding hydrogens is 450 g/mol. The Morgan fingerprint density at radius 3 is 2.62 bits per heavy atom. The topological polar surface area (TPSA) is 124 Å². The Bertz CT molecular complexity index is 1230. The summed E-state index contributed by atoms with van der Waals surface area (Å²) in [5.74, 6) is 7.41. The molecule has 0 aliphatic rings. The average molecular weight is 478 g/mol. The minimum Gasteiger partial charge on any atom is -0.497 e. The molecule has 34 heavy (non-hydrogen) atoms. The highest BCUT2D eigenvalue weighted by Gasteiger charge is 2.16. The van der Waals surface area contributed by atoms with Crippen molar-refractivity contribution < 1.29 is 9.53 Å². The SMILES string of the molecule is CCCCc1ccc(NC(=O)CSc2nnc(-c3cc(-c4ccc(OC)cc4)n[nH]3)n2N)cc1. The van der Waals surface area contributed by atoms with Crippen molar-refractivity contribution in [3.8, 4) is 28.5 Å². The summed E-state index contributed by atoms with van der Waals surface area (Å²) in [5.41, 5.74) is 4.34. The van der Waals surface area contributed by atoms with E-state index in [1.165, 1.54) is 22.0 Å². The summed E-state index contributed by atoms with van der Waals surface area (Å²) < 4.78 is 6.54. The van der Waals surface area contributed by atoms with Crippen LogP contribution in [0.3, 0.4) is 0 Å². The fourth-order valence-electron chi connectivity index (χ4n) is 3.37. The van der Waals surface area contributed by atoms with E-state index < -0.39 is 0 Å². The van der Waals surface area contributed by atoms with Gasteiger partial charge in [0, 0.05) is 11.3 Å². The van der Waals surface area contributed by atoms with E-state index in [4.69, 9.17) is 10.6 Å². The number of unbranched alkanes of at least 4 members (excludes halogenated alkanes) is 1. The van der Waals surface area contributed by atoms with Crippen LogP contribution in [0.2, 0.25) is 0 Å². The van der Waals surface area contributed by atoms with E-state index in [0.29, 0.717) is 16.7 Å². The maximum atomic E-state index is 12.4. The van der Waals surface area contributed by atoms with Crippen molar-refractivity contribution >= 4 is 23.4 Å². The van der Waals surface area contributed by atoms with Crippen LogP contribution in [0, 0.1) is 0 Å². The molecule has 0 saturated carbocycles. The second-order valence-corrected chi connectivity index (χ2v) is 8.65. The number of methoxy groups -OCH3 is 1. The van der Waals surface area contributed by atoms with Crippen molar-refractivity contribution in [1.29, 1.82) is 0 Å². The number of aromatic amines is 1. The van der Waals surface area contributed by atoms with Gasteiger partial charge in [0.2, 0.25) is 16.9 Å². The number of ether oxygens (including phenoxy) is 1. The van der Waals surface area contributed by atoms with Gasteiger partial charge < -0.3 is 15.9 Å². The van der Waals surface area contributed by atoms with E-state index in [1.807, 2.05) is 54.6 Å². The summed E-state index contributed by atoms with van der Waals surface area (Å²) in [5, 5.41) is 18.9. The normalized spacial score (nSPS) is 10.9. The first-order valence-corrected chi connectivity index (χ1v) is 12.0. The quantitative estimate of drug-likeness (QED) is 0.232. The molecule has 0 spiro atoms. The number of amides is 1. The van der Waals surface area contributed by atoms with Crippen LogP contribution < -0.4 is 15.9 Å². The maximum absolute atomic E-state index is 12.4. The highest BCUT2D eigenvalue weighted by atomic mass is 32.2. The molecule has 0 radical (unpaired) electrons. The van der Waals surface area contributed by atoms with E-state index in [0.717, 1.165) is 42.0 Å². The second kappa shape index (κ2) is 10.9. The average Bonchev–Trinajstić information content (AvgIpc) is 3.49. The van der Waals surface area contributed by atoms with Gasteiger partial charge in [-0.3, -0.25) is 9.89 Å². The van der Waals surface area contributed by atoms with Crippen LogP contribution in [-0.2, 0) is 11.2 Å². The van der Waals surface area contributed by atoms with Crippen LogP contribution in [0.15, 0.2) is 59.8 Å². The van der Waals surface area contributed by atoms with Crippen LogP contribution in [0.5, 0.6) is 5.75 Å². The van der Waals surface area contributed by atoms with Crippen molar-refractivity contribution in [3.05, 3.63) is 60.2 Å². The molecule has 2 aromatic heterocycles. The van der Waals surface area contributed by atoms with Gasteiger partial charge in [0.05, 0.1) is 18.6 Å². The van der Waals surface area contributed by atoms with Gasteiger partial charge in [-0.05, 0) is 60.9 Å². The van der Waals surface area contributed by atoms with Gasteiger partial charge in [-0.2, -0.15) is 5.10 Å². The van der Waals surface area contributed by atoms with Gasteiger partial charge in [0.25, 0.3) is 0 Å². The molecule has 4 N–H and O–H groups in total. The van der Waals surface area contributed by atoms with Crippen molar-refractivity contribution in [2.75, 3.05) is 24.0 Å². The molecule has 4 aromatic rings. The number of aryl methyl sites for hydroxylation is 1. The number of aromatic nitrogens is 5. The Morgan fingerprint density at radius 2 is 1.91 bits per heavy atom. The van der Waals surface area contributed by atoms with E-state index in [-0.39, 0.29) is 11.7 Å². The van der Waals surface area contributed by atoms with Crippen molar-refractivity contribution in [1.82, 2.24) is 25.1 Å². The zero-order valence-corrected chi connectivity index (χ0v) is 19.9. The number of nitrogen functional groups attached to an aromatic ring is 1. The third-order valence-corrected chi connectivity index (χ3v) is 6.20. The second-order valence-electron chi connectivity index (χ2n) is 7.71. The van der Waals surface area contributed by atoms with Crippen molar-refractivity contribution in [3.63, 3.8) is 0 Å². The van der Waals surface area contributed by atoms with Gasteiger partial charge in [0.15, 0.2) is 0 Å². The molecule has 10 heteroatoms. The zero-order chi connectivity index (χ0) is 23.9. The number of hydrogen-bond donors (Lipinski definition) is 3. The zero-order valence-electron chi connectivity index (χ0n) is 19.1. The molecule has 0 atom stereocenters. The molecular formula is C24H27N7O2S. The number of carbonyl (C=O) groups is 1. The lowest BCUT2D eigenvalue weighted by Crippen LogP contribution is -2.16. The number of nitrogens with zero attached hydrogens (tertiary/aromatic N) is 4. The number of H-pyrrole nitrogens is 1. The fraction of sp³-hybridized carbons (Fsp3) is 0.250. The fourth-order valence-corrected chi connectivity index (χ4v) is 4.02. The summed E-state index contributed by atoms with van der Waals surface area (Å²) in [7, 11) is 1.63. The minimum absolute atomic E-state index is 0.140. The van der Waals surface area contributed by atoms with Crippen molar-refractivity contribution in [2.45, 2.75) is 31.3 Å². The lowest BCUT2D eigenvalue weighted by molar-refractivity contribution is -0.113. The van der Waals surface area contributed by atoms with Gasteiger partial charge >= 0.3 is 0 Å². The van der Waals surface area contributed by atoms with Crippen molar-refractivity contribution in [2.24, 2.45) is 0 Å². The van der Waals surface area contributed by atoms with Crippen LogP contribution in [0.1, 0.15) is 25.3 Å². The van der Waals surface area contributed by atoms with Crippen LogP contribution in [0.25, 0.3) is 22.8 Å². The van der Waals surface area contributed by atoms with E-state index in [9.17, 15) is 4.79 Å². The number of nitrogens with two attached hydrogens (primary N) is 1. The first-order chi connectivity index (χ1) is 16.6. The summed E-state index contributed by atoms with van der Waals surface area (Å²) in [4.78, 5) is 12.4. The third kappa shape index (κ3) is 5.57. The molecule has 4 rings (SSSR count). The lowest BCUT2D eigenvalue weighted by atomic mass is 10.1. The first kappa shape index (κ1) is 23.4. The lowest BCUT2D eigenvalue weighted by Gasteiger charge is -2.06. The van der Waals surface area contributed by atoms with Gasteiger partial charge in [-0.25, -0.2) is 4.68 Å². The molecule has 9 nitrogen and oxygen atoms in total. The summed E-state index contributed by atoms with van der Waals surface area (Å²) in [6, 6.07) is 17.4. The Hall–Kier alpha value is -3.79. The standard InChI is InChI=1S/C24H27N7O2S/c1-3-4-5-16-6-10-18(11-7-16)26-22(32)15-34-24-30-29-23(31(24)25)21-14-20(27-28-21)17-8-12-19(33-2)13-9-17/h6-14H,3-5,15,25H2,1-2H3,(H,26,32)(H,27,28). The van der Waals surface area contributed by atoms with Crippen LogP contribution >= 0.6 is 11.8 Å². The monoisotopic (exact) mass is 477 g/mol. The summed E-state index contributed by atoms with van der Waals surface area (Å²) in [6.45, 7) is 2.17. The van der Waals surface area contributed by atoms with E-state index in [2.05, 4.69) is 32.6 Å². The molecule has 2 heterocycles. The Labute approximate surface area is 202 Å². The Morgan fingerprint density at radius 1 is 1.15 bits per heavy atom. The minimum atomic E-state index is -0.140. The summed E-state index contributed by atoms with van der Waals surface area (Å²) in [6.07, 6.45) is 3.37. The third-order valence-electron chi connectivity index (χ3n) is 5.26. The van der Waals surface area contributed by atoms with E-state index in [1.54, 1.807) is 7.11 Å². The number of nitrogens with one attached hydrogen (secondary N) is 2. The number of thioether (sulfide) groups is 1. The summed E-state index contributed by atoms with van der Waals surface area (Å²) >= 11 is 1.22. The Balaban J connectivity index is 1.35. The molecule has 176 valence electrons. The Kier molecular flexibility index (Phi) is 7.48. The van der Waals surface area contributed by atoms with Gasteiger partial charge in [-0.1, -0.05) is 37.2 Å². The number of anilines is 1. The molecule has 1 amide bonds. The number of carbonyl (C=O) groups excluding carboxylic acids is 1. The largest absolute Gasteiger partial charge is 0.497 e. The molecule has 0 fully saturated rings.